The molecule has 0 unspecified atom stereocenters. The van der Waals surface area contributed by atoms with Gasteiger partial charge in [0.25, 0.3) is 0 Å². The first kappa shape index (κ1) is 20.5. The first-order valence-electron chi connectivity index (χ1n) is 9.95. The number of aryl methyl sites for hydroxylation is 2. The number of methoxy groups -OCH3 is 3. The lowest BCUT2D eigenvalue weighted by atomic mass is 10.1. The van der Waals surface area contributed by atoms with E-state index in [0.717, 1.165) is 28.0 Å². The van der Waals surface area contributed by atoms with Crippen molar-refractivity contribution in [1.29, 1.82) is 0 Å². The smallest absolute Gasteiger partial charge is 0.203 e. The van der Waals surface area contributed by atoms with Crippen LogP contribution in [0.4, 0.5) is 11.5 Å². The maximum absolute atomic E-state index is 5.50. The van der Waals surface area contributed by atoms with Gasteiger partial charge in [-0.1, -0.05) is 18.2 Å². The average Bonchev–Trinajstić information content (AvgIpc) is 2.77. The van der Waals surface area contributed by atoms with E-state index in [-0.39, 0.29) is 0 Å². The van der Waals surface area contributed by atoms with Crippen LogP contribution in [0.5, 0.6) is 17.2 Å². The van der Waals surface area contributed by atoms with Crippen molar-refractivity contribution in [2.24, 2.45) is 0 Å². The topological polar surface area (TPSA) is 65.5 Å². The summed E-state index contributed by atoms with van der Waals surface area (Å²) in [7, 11) is 4.77. The van der Waals surface area contributed by atoms with E-state index in [1.165, 1.54) is 11.1 Å². The summed E-state index contributed by atoms with van der Waals surface area (Å²) in [6.45, 7) is 4.16. The van der Waals surface area contributed by atoms with Crippen LogP contribution in [0, 0.1) is 13.8 Å². The minimum Gasteiger partial charge on any atom is -0.493 e. The zero-order chi connectivity index (χ0) is 22.0. The van der Waals surface area contributed by atoms with Gasteiger partial charge < -0.3 is 19.5 Å². The molecule has 6 nitrogen and oxygen atoms in total. The zero-order valence-corrected chi connectivity index (χ0v) is 18.3. The molecule has 4 aromatic rings. The molecule has 158 valence electrons. The van der Waals surface area contributed by atoms with Crippen LogP contribution in [-0.2, 0) is 0 Å². The van der Waals surface area contributed by atoms with E-state index in [1.54, 1.807) is 21.3 Å². The van der Waals surface area contributed by atoms with Gasteiger partial charge in [-0.25, -0.2) is 9.97 Å². The van der Waals surface area contributed by atoms with E-state index in [0.29, 0.717) is 23.1 Å². The normalized spacial score (nSPS) is 10.7. The fourth-order valence-electron chi connectivity index (χ4n) is 3.69. The summed E-state index contributed by atoms with van der Waals surface area (Å²) in [5, 5.41) is 4.42. The molecule has 0 spiro atoms. The van der Waals surface area contributed by atoms with Crippen LogP contribution < -0.4 is 19.5 Å². The highest BCUT2D eigenvalue weighted by molar-refractivity contribution is 5.92. The predicted molar refractivity (Wildman–Crippen MR) is 124 cm³/mol. The highest BCUT2D eigenvalue weighted by Gasteiger charge is 2.17. The van der Waals surface area contributed by atoms with Crippen molar-refractivity contribution in [3.05, 3.63) is 65.7 Å². The molecular weight excluding hydrogens is 390 g/mol. The van der Waals surface area contributed by atoms with E-state index in [1.807, 2.05) is 36.4 Å². The number of benzene rings is 3. The first-order valence-corrected chi connectivity index (χ1v) is 9.95. The highest BCUT2D eigenvalue weighted by atomic mass is 16.5. The molecule has 0 atom stereocenters. The predicted octanol–water partition coefficient (Wildman–Crippen LogP) is 5.68. The fraction of sp³-hybridized carbons (Fsp3) is 0.200. The molecule has 0 saturated heterocycles. The molecule has 0 fully saturated rings. The molecule has 0 aliphatic carbocycles. The molecule has 3 aromatic carbocycles. The number of anilines is 2. The third-order valence-electron chi connectivity index (χ3n) is 5.01. The van der Waals surface area contributed by atoms with Gasteiger partial charge in [0.05, 0.1) is 26.8 Å². The number of hydrogen-bond acceptors (Lipinski definition) is 6. The zero-order valence-electron chi connectivity index (χ0n) is 18.3. The van der Waals surface area contributed by atoms with Crippen LogP contribution in [0.2, 0.25) is 0 Å². The molecule has 1 heterocycles. The van der Waals surface area contributed by atoms with E-state index >= 15 is 0 Å². The Morgan fingerprint density at radius 1 is 0.742 bits per heavy atom. The number of fused-ring (bicyclic) bond motifs is 1. The number of ether oxygens (including phenoxy) is 3. The summed E-state index contributed by atoms with van der Waals surface area (Å²) in [5.74, 6) is 2.93. The van der Waals surface area contributed by atoms with Gasteiger partial charge in [0.1, 0.15) is 5.82 Å². The molecule has 0 bridgehead atoms. The van der Waals surface area contributed by atoms with E-state index in [9.17, 15) is 0 Å². The Morgan fingerprint density at radius 3 is 2.00 bits per heavy atom. The molecule has 1 aromatic heterocycles. The Balaban J connectivity index is 1.88. The largest absolute Gasteiger partial charge is 0.493 e. The maximum atomic E-state index is 5.50. The van der Waals surface area contributed by atoms with Gasteiger partial charge >= 0.3 is 0 Å². The lowest BCUT2D eigenvalue weighted by Gasteiger charge is -2.15. The summed E-state index contributed by atoms with van der Waals surface area (Å²) in [5.41, 5.74) is 4.96. The summed E-state index contributed by atoms with van der Waals surface area (Å²) in [4.78, 5) is 9.64. The molecule has 0 aliphatic rings. The van der Waals surface area contributed by atoms with Crippen LogP contribution >= 0.6 is 0 Å². The van der Waals surface area contributed by atoms with Crippen LogP contribution in [0.15, 0.2) is 54.6 Å². The minimum absolute atomic E-state index is 0.531. The second kappa shape index (κ2) is 8.52. The van der Waals surface area contributed by atoms with Crippen molar-refractivity contribution in [2.45, 2.75) is 13.8 Å². The van der Waals surface area contributed by atoms with Gasteiger partial charge in [0, 0.05) is 16.6 Å². The number of aromatic nitrogens is 2. The van der Waals surface area contributed by atoms with E-state index < -0.39 is 0 Å². The third-order valence-corrected chi connectivity index (χ3v) is 5.01. The number of nitrogens with one attached hydrogen (secondary N) is 1. The van der Waals surface area contributed by atoms with Gasteiger partial charge in [0.2, 0.25) is 5.75 Å². The minimum atomic E-state index is 0.531. The Bertz CT molecular complexity index is 1210. The summed E-state index contributed by atoms with van der Waals surface area (Å²) < 4.78 is 16.5. The van der Waals surface area contributed by atoms with Crippen LogP contribution in [0.3, 0.4) is 0 Å². The monoisotopic (exact) mass is 415 g/mol. The first-order chi connectivity index (χ1) is 15.0. The SMILES string of the molecule is COc1cc(-c2nc(Nc3cc(C)cc(C)c3)c3ccccc3n2)cc(OC)c1OC. The molecule has 0 amide bonds. The summed E-state index contributed by atoms with van der Waals surface area (Å²) in [6, 6.07) is 18.0. The van der Waals surface area contributed by atoms with Crippen molar-refractivity contribution >= 4 is 22.4 Å². The van der Waals surface area contributed by atoms with Crippen LogP contribution in [-0.4, -0.2) is 31.3 Å². The van der Waals surface area contributed by atoms with Crippen molar-refractivity contribution in [2.75, 3.05) is 26.6 Å². The van der Waals surface area contributed by atoms with E-state index in [4.69, 9.17) is 24.2 Å². The molecular formula is C25H25N3O3. The maximum Gasteiger partial charge on any atom is 0.203 e. The number of nitrogens with zero attached hydrogens (tertiary/aromatic N) is 2. The Labute approximate surface area is 181 Å². The van der Waals surface area contributed by atoms with Crippen LogP contribution in [0.25, 0.3) is 22.3 Å². The van der Waals surface area contributed by atoms with Crippen molar-refractivity contribution in [3.63, 3.8) is 0 Å². The number of rotatable bonds is 6. The van der Waals surface area contributed by atoms with Crippen molar-refractivity contribution < 1.29 is 14.2 Å². The van der Waals surface area contributed by atoms with Gasteiger partial charge in [-0.05, 0) is 61.4 Å². The molecule has 6 heteroatoms. The summed E-state index contributed by atoms with van der Waals surface area (Å²) >= 11 is 0. The standard InChI is InChI=1S/C25H25N3O3/c1-15-10-16(2)12-18(11-15)26-25-19-8-6-7-9-20(19)27-24(28-25)17-13-21(29-3)23(31-5)22(14-17)30-4/h6-14H,1-5H3,(H,26,27,28). The average molecular weight is 415 g/mol. The second-order valence-electron chi connectivity index (χ2n) is 7.33. The third kappa shape index (κ3) is 4.10. The molecule has 0 radical (unpaired) electrons. The molecule has 1 N–H and O–H groups in total. The fourth-order valence-corrected chi connectivity index (χ4v) is 3.69. The highest BCUT2D eigenvalue weighted by Crippen LogP contribution is 2.41. The number of para-hydroxylation sites is 1. The van der Waals surface area contributed by atoms with E-state index in [2.05, 4.69) is 37.4 Å². The molecule has 0 saturated carbocycles. The Kier molecular flexibility index (Phi) is 5.62. The summed E-state index contributed by atoms with van der Waals surface area (Å²) in [6.07, 6.45) is 0. The molecule has 0 aliphatic heterocycles. The van der Waals surface area contributed by atoms with Crippen molar-refractivity contribution in [1.82, 2.24) is 9.97 Å². The van der Waals surface area contributed by atoms with Gasteiger partial charge in [0.15, 0.2) is 17.3 Å². The molecule has 4 rings (SSSR count). The van der Waals surface area contributed by atoms with Crippen LogP contribution in [0.1, 0.15) is 11.1 Å². The second-order valence-corrected chi connectivity index (χ2v) is 7.33. The lowest BCUT2D eigenvalue weighted by Crippen LogP contribution is -2.01. The molecule has 31 heavy (non-hydrogen) atoms. The van der Waals surface area contributed by atoms with Gasteiger partial charge in [-0.15, -0.1) is 0 Å². The van der Waals surface area contributed by atoms with Gasteiger partial charge in [-0.2, -0.15) is 0 Å². The van der Waals surface area contributed by atoms with Crippen molar-refractivity contribution in [3.8, 4) is 28.6 Å². The quantitative estimate of drug-likeness (QED) is 0.437. The lowest BCUT2D eigenvalue weighted by molar-refractivity contribution is 0.324. The Morgan fingerprint density at radius 2 is 1.39 bits per heavy atom. The number of hydrogen-bond donors (Lipinski definition) is 1. The van der Waals surface area contributed by atoms with Gasteiger partial charge in [-0.3, -0.25) is 0 Å². The Hall–Kier alpha value is -3.80.